The van der Waals surface area contributed by atoms with Crippen molar-refractivity contribution in [3.05, 3.63) is 65.0 Å². The third-order valence-electron chi connectivity index (χ3n) is 4.04. The summed E-state index contributed by atoms with van der Waals surface area (Å²) in [6.07, 6.45) is -1.23. The van der Waals surface area contributed by atoms with Crippen LogP contribution < -0.4 is 0 Å². The monoisotopic (exact) mass is 392 g/mol. The number of aryl methyl sites for hydroxylation is 1. The van der Waals surface area contributed by atoms with Crippen molar-refractivity contribution in [2.45, 2.75) is 19.6 Å². The molecule has 0 aliphatic carbocycles. The lowest BCUT2D eigenvalue weighted by atomic mass is 10.2. The zero-order valence-corrected chi connectivity index (χ0v) is 14.7. The summed E-state index contributed by atoms with van der Waals surface area (Å²) in [5, 5.41) is 8.82. The Morgan fingerprint density at radius 1 is 1.11 bits per heavy atom. The van der Waals surface area contributed by atoms with Crippen LogP contribution in [0.5, 0.6) is 0 Å². The molecule has 0 saturated heterocycles. The SMILES string of the molecule is Cc1cc(C(F)(F)F)nn1-c1ccc(Cn2ncc3cnc(Cl)nc32)cc1. The smallest absolute Gasteiger partial charge is 0.243 e. The van der Waals surface area contributed by atoms with Crippen LogP contribution in [0.3, 0.4) is 0 Å². The van der Waals surface area contributed by atoms with E-state index in [1.807, 2.05) is 0 Å². The lowest BCUT2D eigenvalue weighted by molar-refractivity contribution is -0.141. The predicted octanol–water partition coefficient (Wildman–Crippen LogP) is 4.04. The topological polar surface area (TPSA) is 61.4 Å². The van der Waals surface area contributed by atoms with Crippen LogP contribution in [0, 0.1) is 6.92 Å². The maximum atomic E-state index is 12.8. The minimum atomic E-state index is -4.47. The molecule has 0 spiro atoms. The number of aromatic nitrogens is 6. The second-order valence-electron chi connectivity index (χ2n) is 5.97. The van der Waals surface area contributed by atoms with E-state index < -0.39 is 11.9 Å². The Hall–Kier alpha value is -2.94. The van der Waals surface area contributed by atoms with E-state index in [2.05, 4.69) is 20.2 Å². The molecule has 0 aliphatic rings. The summed E-state index contributed by atoms with van der Waals surface area (Å²) in [6, 6.07) is 8.06. The number of halogens is 4. The van der Waals surface area contributed by atoms with Gasteiger partial charge in [0, 0.05) is 11.9 Å². The van der Waals surface area contributed by atoms with Crippen molar-refractivity contribution in [3.8, 4) is 5.69 Å². The number of hydrogen-bond donors (Lipinski definition) is 0. The molecule has 10 heteroatoms. The molecular weight excluding hydrogens is 381 g/mol. The average molecular weight is 393 g/mol. The fourth-order valence-corrected chi connectivity index (χ4v) is 2.88. The first-order valence-electron chi connectivity index (χ1n) is 7.88. The van der Waals surface area contributed by atoms with Crippen molar-refractivity contribution in [1.29, 1.82) is 0 Å². The molecule has 27 heavy (non-hydrogen) atoms. The lowest BCUT2D eigenvalue weighted by Crippen LogP contribution is -2.07. The van der Waals surface area contributed by atoms with E-state index in [4.69, 9.17) is 11.6 Å². The molecule has 6 nitrogen and oxygen atoms in total. The van der Waals surface area contributed by atoms with Crippen LogP contribution in [0.1, 0.15) is 17.0 Å². The van der Waals surface area contributed by atoms with Crippen LogP contribution >= 0.6 is 11.6 Å². The Morgan fingerprint density at radius 3 is 2.52 bits per heavy atom. The van der Waals surface area contributed by atoms with Crippen molar-refractivity contribution in [2.24, 2.45) is 0 Å². The Kier molecular flexibility index (Phi) is 4.11. The van der Waals surface area contributed by atoms with E-state index in [9.17, 15) is 13.2 Å². The third-order valence-corrected chi connectivity index (χ3v) is 4.22. The van der Waals surface area contributed by atoms with Crippen LogP contribution in [0.15, 0.2) is 42.7 Å². The first kappa shape index (κ1) is 17.5. The predicted molar refractivity (Wildman–Crippen MR) is 92.7 cm³/mol. The highest BCUT2D eigenvalue weighted by atomic mass is 35.5. The molecule has 0 bridgehead atoms. The first-order valence-corrected chi connectivity index (χ1v) is 8.26. The normalized spacial score (nSPS) is 12.0. The van der Waals surface area contributed by atoms with Crippen LogP contribution in [0.25, 0.3) is 16.7 Å². The van der Waals surface area contributed by atoms with Gasteiger partial charge < -0.3 is 0 Å². The second-order valence-corrected chi connectivity index (χ2v) is 6.31. The number of nitrogens with zero attached hydrogens (tertiary/aromatic N) is 6. The molecule has 0 saturated carbocycles. The minimum Gasteiger partial charge on any atom is -0.243 e. The van der Waals surface area contributed by atoms with Gasteiger partial charge in [-0.15, -0.1) is 0 Å². The highest BCUT2D eigenvalue weighted by Gasteiger charge is 2.34. The number of benzene rings is 1. The Labute approximate surface area is 156 Å². The van der Waals surface area contributed by atoms with Gasteiger partial charge >= 0.3 is 6.18 Å². The summed E-state index contributed by atoms with van der Waals surface area (Å²) in [7, 11) is 0. The molecule has 3 aromatic heterocycles. The summed E-state index contributed by atoms with van der Waals surface area (Å²) < 4.78 is 41.4. The average Bonchev–Trinajstić information content (AvgIpc) is 3.19. The number of fused-ring (bicyclic) bond motifs is 1. The summed E-state index contributed by atoms with van der Waals surface area (Å²) in [5.41, 5.74) is 1.54. The minimum absolute atomic E-state index is 0.134. The molecule has 0 fully saturated rings. The van der Waals surface area contributed by atoms with Gasteiger partial charge in [0.05, 0.1) is 23.8 Å². The van der Waals surface area contributed by atoms with Gasteiger partial charge in [-0.3, -0.25) is 0 Å². The molecule has 0 atom stereocenters. The second kappa shape index (κ2) is 6.34. The Bertz CT molecular complexity index is 1110. The molecule has 0 unspecified atom stereocenters. The van der Waals surface area contributed by atoms with Crippen LogP contribution in [-0.2, 0) is 12.7 Å². The van der Waals surface area contributed by atoms with E-state index in [-0.39, 0.29) is 5.28 Å². The number of alkyl halides is 3. The highest BCUT2D eigenvalue weighted by Crippen LogP contribution is 2.29. The first-order chi connectivity index (χ1) is 12.8. The van der Waals surface area contributed by atoms with Gasteiger partial charge in [-0.25, -0.2) is 14.3 Å². The van der Waals surface area contributed by atoms with Crippen LogP contribution in [0.4, 0.5) is 13.2 Å². The van der Waals surface area contributed by atoms with Gasteiger partial charge in [-0.1, -0.05) is 12.1 Å². The van der Waals surface area contributed by atoms with Gasteiger partial charge in [0.2, 0.25) is 5.28 Å². The van der Waals surface area contributed by atoms with Crippen LogP contribution in [-0.4, -0.2) is 29.5 Å². The van der Waals surface area contributed by atoms with Gasteiger partial charge in [0.25, 0.3) is 0 Å². The molecule has 0 aliphatic heterocycles. The molecule has 138 valence electrons. The fraction of sp³-hybridized carbons (Fsp3) is 0.176. The standard InChI is InChI=1S/C17H12ClF3N6/c1-10-6-14(17(19,20)21)25-27(10)13-4-2-11(3-5-13)9-26-15-12(8-23-26)7-22-16(18)24-15/h2-8H,9H2,1H3. The van der Waals surface area contributed by atoms with E-state index in [1.165, 1.54) is 4.68 Å². The van der Waals surface area contributed by atoms with E-state index in [0.717, 1.165) is 17.0 Å². The van der Waals surface area contributed by atoms with Gasteiger partial charge in [-0.2, -0.15) is 28.4 Å². The molecule has 4 rings (SSSR count). The summed E-state index contributed by atoms with van der Waals surface area (Å²) >= 11 is 5.83. The van der Waals surface area contributed by atoms with E-state index in [0.29, 0.717) is 23.6 Å². The van der Waals surface area contributed by atoms with Crippen molar-refractivity contribution in [1.82, 2.24) is 29.5 Å². The van der Waals surface area contributed by atoms with Gasteiger partial charge in [-0.05, 0) is 42.3 Å². The lowest BCUT2D eigenvalue weighted by Gasteiger charge is -2.07. The molecule has 4 aromatic rings. The molecule has 1 aromatic carbocycles. The van der Waals surface area contributed by atoms with E-state index >= 15 is 0 Å². The molecule has 3 heterocycles. The van der Waals surface area contributed by atoms with Gasteiger partial charge in [0.1, 0.15) is 0 Å². The van der Waals surface area contributed by atoms with Gasteiger partial charge in [0.15, 0.2) is 11.3 Å². The maximum Gasteiger partial charge on any atom is 0.435 e. The third kappa shape index (κ3) is 3.37. The molecule has 0 radical (unpaired) electrons. The van der Waals surface area contributed by atoms with Crippen molar-refractivity contribution in [2.75, 3.05) is 0 Å². The molecule has 0 N–H and O–H groups in total. The maximum absolute atomic E-state index is 12.8. The Morgan fingerprint density at radius 2 is 1.85 bits per heavy atom. The molecule has 0 amide bonds. The fourth-order valence-electron chi connectivity index (χ4n) is 2.75. The molecular formula is C17H12ClF3N6. The van der Waals surface area contributed by atoms with E-state index in [1.54, 1.807) is 48.3 Å². The van der Waals surface area contributed by atoms with Crippen molar-refractivity contribution >= 4 is 22.6 Å². The highest BCUT2D eigenvalue weighted by molar-refractivity contribution is 6.28. The zero-order valence-electron chi connectivity index (χ0n) is 13.9. The summed E-state index contributed by atoms with van der Waals surface area (Å²) in [4.78, 5) is 8.08. The number of rotatable bonds is 3. The Balaban J connectivity index is 1.61. The summed E-state index contributed by atoms with van der Waals surface area (Å²) in [6.45, 7) is 2.01. The van der Waals surface area contributed by atoms with Crippen molar-refractivity contribution < 1.29 is 13.2 Å². The van der Waals surface area contributed by atoms with Crippen molar-refractivity contribution in [3.63, 3.8) is 0 Å². The van der Waals surface area contributed by atoms with Crippen LogP contribution in [0.2, 0.25) is 5.28 Å². The summed E-state index contributed by atoms with van der Waals surface area (Å²) in [5.74, 6) is 0. The number of hydrogen-bond acceptors (Lipinski definition) is 4. The quantitative estimate of drug-likeness (QED) is 0.494. The largest absolute Gasteiger partial charge is 0.435 e. The zero-order chi connectivity index (χ0) is 19.2.